The molecule has 1 aliphatic rings. The fourth-order valence-corrected chi connectivity index (χ4v) is 3.50. The van der Waals surface area contributed by atoms with E-state index in [0.29, 0.717) is 5.13 Å². The number of anilines is 1. The number of amides is 1. The number of hydrogen-bond donors (Lipinski definition) is 2. The molecule has 0 spiro atoms. The van der Waals surface area contributed by atoms with Crippen LogP contribution in [-0.2, 0) is 17.6 Å². The van der Waals surface area contributed by atoms with Crippen molar-refractivity contribution < 1.29 is 4.79 Å². The van der Waals surface area contributed by atoms with Gasteiger partial charge in [0.15, 0.2) is 5.13 Å². The van der Waals surface area contributed by atoms with Crippen molar-refractivity contribution in [2.24, 2.45) is 11.7 Å². The Morgan fingerprint density at radius 1 is 1.67 bits per heavy atom. The quantitative estimate of drug-likeness (QED) is 0.879. The molecule has 100 valence electrons. The molecule has 2 rings (SSSR count). The van der Waals surface area contributed by atoms with Crippen molar-refractivity contribution >= 4 is 22.4 Å². The highest BCUT2D eigenvalue weighted by molar-refractivity contribution is 7.15. The second-order valence-electron chi connectivity index (χ2n) is 5.06. The summed E-state index contributed by atoms with van der Waals surface area (Å²) in [5, 5.41) is 3.50. The van der Waals surface area contributed by atoms with Gasteiger partial charge in [0.2, 0.25) is 5.91 Å². The van der Waals surface area contributed by atoms with Crippen LogP contribution in [0.3, 0.4) is 0 Å². The molecule has 1 aliphatic carbocycles. The van der Waals surface area contributed by atoms with Gasteiger partial charge in [-0.3, -0.25) is 4.79 Å². The third-order valence-corrected chi connectivity index (χ3v) is 4.42. The fraction of sp³-hybridized carbons (Fsp3) is 0.692. The highest BCUT2D eigenvalue weighted by Gasteiger charge is 2.22. The van der Waals surface area contributed by atoms with Crippen molar-refractivity contribution in [2.75, 3.05) is 5.32 Å². The van der Waals surface area contributed by atoms with Gasteiger partial charge in [0.05, 0.1) is 11.7 Å². The first-order valence-electron chi connectivity index (χ1n) is 6.65. The van der Waals surface area contributed by atoms with Gasteiger partial charge in [0.25, 0.3) is 0 Å². The molecule has 1 aromatic heterocycles. The second kappa shape index (κ2) is 5.80. The lowest BCUT2D eigenvalue weighted by Crippen LogP contribution is -2.32. The lowest BCUT2D eigenvalue weighted by atomic mass is 9.88. The molecule has 0 saturated carbocycles. The van der Waals surface area contributed by atoms with Gasteiger partial charge < -0.3 is 11.1 Å². The van der Waals surface area contributed by atoms with Gasteiger partial charge in [0, 0.05) is 4.88 Å². The van der Waals surface area contributed by atoms with Crippen LogP contribution in [-0.4, -0.2) is 16.9 Å². The summed E-state index contributed by atoms with van der Waals surface area (Å²) in [6.45, 7) is 3.91. The van der Waals surface area contributed by atoms with Gasteiger partial charge in [0.1, 0.15) is 0 Å². The molecule has 18 heavy (non-hydrogen) atoms. The summed E-state index contributed by atoms with van der Waals surface area (Å²) in [4.78, 5) is 17.4. The minimum atomic E-state index is -0.487. The Morgan fingerprint density at radius 3 is 3.11 bits per heavy atom. The largest absolute Gasteiger partial charge is 0.320 e. The third kappa shape index (κ3) is 3.09. The van der Waals surface area contributed by atoms with Crippen molar-refractivity contribution in [1.82, 2.24) is 4.98 Å². The highest BCUT2D eigenvalue weighted by atomic mass is 32.1. The lowest BCUT2D eigenvalue weighted by Gasteiger charge is -2.19. The van der Waals surface area contributed by atoms with Crippen molar-refractivity contribution in [3.8, 4) is 0 Å². The van der Waals surface area contributed by atoms with Gasteiger partial charge >= 0.3 is 0 Å². The monoisotopic (exact) mass is 267 g/mol. The Bertz CT molecular complexity index is 428. The molecule has 0 aliphatic heterocycles. The van der Waals surface area contributed by atoms with E-state index in [-0.39, 0.29) is 5.91 Å². The van der Waals surface area contributed by atoms with E-state index in [2.05, 4.69) is 17.2 Å². The first kappa shape index (κ1) is 13.5. The second-order valence-corrected chi connectivity index (χ2v) is 6.15. The fourth-order valence-electron chi connectivity index (χ4n) is 2.37. The van der Waals surface area contributed by atoms with E-state index in [4.69, 9.17) is 5.73 Å². The summed E-state index contributed by atoms with van der Waals surface area (Å²) >= 11 is 1.61. The zero-order chi connectivity index (χ0) is 13.1. The minimum absolute atomic E-state index is 0.161. The normalized spacial score (nSPS) is 20.3. The highest BCUT2D eigenvalue weighted by Crippen LogP contribution is 2.33. The van der Waals surface area contributed by atoms with Gasteiger partial charge in [-0.05, 0) is 32.1 Å². The summed E-state index contributed by atoms with van der Waals surface area (Å²) in [7, 11) is 0. The summed E-state index contributed by atoms with van der Waals surface area (Å²) in [5.74, 6) is 0.631. The average molecular weight is 267 g/mol. The minimum Gasteiger partial charge on any atom is -0.320 e. The van der Waals surface area contributed by atoms with Gasteiger partial charge in [-0.2, -0.15) is 0 Å². The predicted octanol–water partition coefficient (Wildman–Crippen LogP) is 2.33. The maximum atomic E-state index is 11.5. The Hall–Kier alpha value is -0.940. The SMILES string of the molecule is CCCC1CCc2nc(NC(=O)[C@H](C)N)sc2C1. The molecule has 3 N–H and O–H groups in total. The number of aryl methyl sites for hydroxylation is 1. The molecule has 2 atom stereocenters. The Balaban J connectivity index is 2.03. The van der Waals surface area contributed by atoms with E-state index < -0.39 is 6.04 Å². The molecule has 1 unspecified atom stereocenters. The van der Waals surface area contributed by atoms with Crippen LogP contribution in [0.5, 0.6) is 0 Å². The topological polar surface area (TPSA) is 68.0 Å². The zero-order valence-corrected chi connectivity index (χ0v) is 11.8. The number of aromatic nitrogens is 1. The van der Waals surface area contributed by atoms with Crippen LogP contribution in [0.1, 0.15) is 43.7 Å². The standard InChI is InChI=1S/C13H21N3OS/c1-3-4-9-5-6-10-11(7-9)18-13(15-10)16-12(17)8(2)14/h8-9H,3-7,14H2,1-2H3,(H,15,16,17)/t8-,9?/m0/s1. The average Bonchev–Trinajstić information content (AvgIpc) is 2.70. The van der Waals surface area contributed by atoms with E-state index in [1.807, 2.05) is 0 Å². The molecule has 4 nitrogen and oxygen atoms in total. The van der Waals surface area contributed by atoms with E-state index in [9.17, 15) is 4.79 Å². The maximum Gasteiger partial charge on any atom is 0.242 e. The number of rotatable bonds is 4. The van der Waals surface area contributed by atoms with Crippen molar-refractivity contribution in [3.63, 3.8) is 0 Å². The molecule has 0 bridgehead atoms. The molecule has 1 amide bonds. The van der Waals surface area contributed by atoms with Gasteiger partial charge in [-0.15, -0.1) is 11.3 Å². The van der Waals surface area contributed by atoms with Gasteiger partial charge in [-0.25, -0.2) is 4.98 Å². The van der Waals surface area contributed by atoms with Crippen LogP contribution in [0.4, 0.5) is 5.13 Å². The van der Waals surface area contributed by atoms with Crippen molar-refractivity contribution in [1.29, 1.82) is 0 Å². The third-order valence-electron chi connectivity index (χ3n) is 3.38. The van der Waals surface area contributed by atoms with Crippen LogP contribution in [0, 0.1) is 5.92 Å². The van der Waals surface area contributed by atoms with Crippen LogP contribution in [0.15, 0.2) is 0 Å². The smallest absolute Gasteiger partial charge is 0.242 e. The maximum absolute atomic E-state index is 11.5. The molecule has 0 saturated heterocycles. The molecule has 1 aromatic rings. The van der Waals surface area contributed by atoms with Crippen LogP contribution in [0.25, 0.3) is 0 Å². The zero-order valence-electron chi connectivity index (χ0n) is 11.0. The van der Waals surface area contributed by atoms with E-state index in [0.717, 1.165) is 18.8 Å². The van der Waals surface area contributed by atoms with E-state index >= 15 is 0 Å². The number of carbonyl (C=O) groups is 1. The molecular weight excluding hydrogens is 246 g/mol. The summed E-state index contributed by atoms with van der Waals surface area (Å²) in [6.07, 6.45) is 5.93. The van der Waals surface area contributed by atoms with Crippen molar-refractivity contribution in [3.05, 3.63) is 10.6 Å². The number of hydrogen-bond acceptors (Lipinski definition) is 4. The predicted molar refractivity (Wildman–Crippen MR) is 74.8 cm³/mol. The number of nitrogens with one attached hydrogen (secondary N) is 1. The molecular formula is C13H21N3OS. The molecule has 0 aromatic carbocycles. The summed E-state index contributed by atoms with van der Waals surface area (Å²) in [5.41, 5.74) is 6.71. The van der Waals surface area contributed by atoms with E-state index in [1.165, 1.54) is 29.8 Å². The Labute approximate surface area is 112 Å². The first-order valence-corrected chi connectivity index (χ1v) is 7.46. The Morgan fingerprint density at radius 2 is 2.44 bits per heavy atom. The summed E-state index contributed by atoms with van der Waals surface area (Å²) < 4.78 is 0. The molecule has 5 heteroatoms. The van der Waals surface area contributed by atoms with Crippen LogP contribution in [0.2, 0.25) is 0 Å². The summed E-state index contributed by atoms with van der Waals surface area (Å²) in [6, 6.07) is -0.487. The molecule has 0 radical (unpaired) electrons. The van der Waals surface area contributed by atoms with Gasteiger partial charge in [-0.1, -0.05) is 19.8 Å². The lowest BCUT2D eigenvalue weighted by molar-refractivity contribution is -0.117. The number of fused-ring (bicyclic) bond motifs is 1. The van der Waals surface area contributed by atoms with Crippen LogP contribution >= 0.6 is 11.3 Å². The molecule has 0 fully saturated rings. The number of nitrogens with zero attached hydrogens (tertiary/aromatic N) is 1. The number of nitrogens with two attached hydrogens (primary N) is 1. The number of carbonyl (C=O) groups excluding carboxylic acids is 1. The van der Waals surface area contributed by atoms with Crippen LogP contribution < -0.4 is 11.1 Å². The van der Waals surface area contributed by atoms with Crippen molar-refractivity contribution in [2.45, 2.75) is 52.0 Å². The van der Waals surface area contributed by atoms with E-state index in [1.54, 1.807) is 18.3 Å². The first-order chi connectivity index (χ1) is 8.60. The number of thiazole rings is 1. The molecule has 1 heterocycles. The Kier molecular flexibility index (Phi) is 4.35.